The second kappa shape index (κ2) is 8.41. The van der Waals surface area contributed by atoms with Crippen LogP contribution in [0.25, 0.3) is 20.7 Å². The van der Waals surface area contributed by atoms with Crippen molar-refractivity contribution in [2.75, 3.05) is 5.32 Å². The second-order valence-electron chi connectivity index (χ2n) is 8.59. The molecule has 2 aromatic carbocycles. The lowest BCUT2D eigenvalue weighted by molar-refractivity contribution is 0.474. The third-order valence-corrected chi connectivity index (χ3v) is 8.31. The van der Waals surface area contributed by atoms with Gasteiger partial charge < -0.3 is 10.4 Å². The molecule has 0 aliphatic carbocycles. The van der Waals surface area contributed by atoms with Gasteiger partial charge in [0.15, 0.2) is 5.84 Å². The first-order valence-electron chi connectivity index (χ1n) is 10.9. The maximum absolute atomic E-state index is 13.7. The van der Waals surface area contributed by atoms with E-state index in [2.05, 4.69) is 23.6 Å². The number of hydrogen-bond acceptors (Lipinski definition) is 6. The number of thiophene rings is 1. The van der Waals surface area contributed by atoms with Crippen molar-refractivity contribution in [1.82, 2.24) is 4.57 Å². The molecule has 0 spiro atoms. The van der Waals surface area contributed by atoms with Crippen LogP contribution in [0.2, 0.25) is 0 Å². The van der Waals surface area contributed by atoms with Gasteiger partial charge in [0, 0.05) is 11.4 Å². The number of rotatable bonds is 5. The Kier molecular flexibility index (Phi) is 5.53. The maximum atomic E-state index is 13.7. The molecular weight excluding hydrogens is 470 g/mol. The van der Waals surface area contributed by atoms with Crippen molar-refractivity contribution in [2.24, 2.45) is 10.3 Å². The van der Waals surface area contributed by atoms with Gasteiger partial charge in [0.2, 0.25) is 0 Å². The quantitative estimate of drug-likeness (QED) is 0.406. The highest BCUT2D eigenvalue weighted by Gasteiger charge is 2.30. The zero-order valence-corrected chi connectivity index (χ0v) is 20.3. The van der Waals surface area contributed by atoms with Crippen LogP contribution in [-0.2, 0) is 16.6 Å². The molecule has 0 saturated heterocycles. The fraction of sp³-hybridized carbons (Fsp3) is 0.200. The standard InChI is InChI=1S/C25H23N3O4S2/c1-15(2)12-13-28-24(30)21(23-26-18-10-6-7-11-20(18)34(31,32)27-23)22(29)17-14-19(33-25(17)28)16-8-4-3-5-9-16/h3-11,14-15,29H,12-13H2,1-2H3,(H,26,27). The molecule has 0 unspecified atom stereocenters. The average molecular weight is 494 g/mol. The molecule has 0 amide bonds. The monoisotopic (exact) mass is 493 g/mol. The molecule has 4 aromatic rings. The number of nitrogens with one attached hydrogen (secondary N) is 1. The maximum Gasteiger partial charge on any atom is 0.286 e. The molecule has 1 aliphatic heterocycles. The van der Waals surface area contributed by atoms with E-state index < -0.39 is 15.6 Å². The Bertz CT molecular complexity index is 1600. The normalized spacial score (nSPS) is 14.6. The van der Waals surface area contributed by atoms with Crippen molar-refractivity contribution in [3.8, 4) is 16.2 Å². The molecule has 5 rings (SSSR count). The minimum absolute atomic E-state index is 0.0290. The van der Waals surface area contributed by atoms with E-state index in [1.54, 1.807) is 22.8 Å². The SMILES string of the molecule is CC(C)CCn1c(=O)c(C2=NS(=O)(=O)c3ccccc3N2)c(O)c2cc(-c3ccccc3)sc21. The summed E-state index contributed by atoms with van der Waals surface area (Å²) in [7, 11) is -4.03. The van der Waals surface area contributed by atoms with E-state index in [-0.39, 0.29) is 22.0 Å². The Hall–Kier alpha value is -3.43. The largest absolute Gasteiger partial charge is 0.506 e. The average Bonchev–Trinajstić information content (AvgIpc) is 3.25. The summed E-state index contributed by atoms with van der Waals surface area (Å²) in [4.78, 5) is 15.3. The van der Waals surface area contributed by atoms with E-state index in [1.165, 1.54) is 17.4 Å². The number of sulfonamides is 1. The van der Waals surface area contributed by atoms with Crippen LogP contribution in [0.4, 0.5) is 5.69 Å². The summed E-state index contributed by atoms with van der Waals surface area (Å²) < 4.78 is 31.1. The van der Waals surface area contributed by atoms with Crippen molar-refractivity contribution in [1.29, 1.82) is 0 Å². The van der Waals surface area contributed by atoms with E-state index >= 15 is 0 Å². The topological polar surface area (TPSA) is 101 Å². The number of anilines is 1. The molecule has 9 heteroatoms. The van der Waals surface area contributed by atoms with Gasteiger partial charge in [0.25, 0.3) is 15.6 Å². The number of benzene rings is 2. The van der Waals surface area contributed by atoms with Crippen LogP contribution >= 0.6 is 11.3 Å². The summed E-state index contributed by atoms with van der Waals surface area (Å²) in [6, 6.07) is 17.9. The van der Waals surface area contributed by atoms with Gasteiger partial charge in [-0.1, -0.05) is 56.3 Å². The van der Waals surface area contributed by atoms with Gasteiger partial charge >= 0.3 is 0 Å². The summed E-state index contributed by atoms with van der Waals surface area (Å²) in [6.07, 6.45) is 0.749. The molecule has 2 aromatic heterocycles. The van der Waals surface area contributed by atoms with Gasteiger partial charge in [-0.05, 0) is 36.1 Å². The molecule has 0 bridgehead atoms. The molecule has 0 fully saturated rings. The summed E-state index contributed by atoms with van der Waals surface area (Å²) in [5.41, 5.74) is 0.659. The van der Waals surface area contributed by atoms with Gasteiger partial charge in [-0.25, -0.2) is 0 Å². The Morgan fingerprint density at radius 2 is 1.79 bits per heavy atom. The number of pyridine rings is 1. The minimum Gasteiger partial charge on any atom is -0.506 e. The highest BCUT2D eigenvalue weighted by Crippen LogP contribution is 2.39. The first kappa shape index (κ1) is 22.4. The van der Waals surface area contributed by atoms with Crippen LogP contribution in [0.3, 0.4) is 0 Å². The lowest BCUT2D eigenvalue weighted by atomic mass is 10.1. The number of aromatic nitrogens is 1. The number of aromatic hydroxyl groups is 1. The minimum atomic E-state index is -4.03. The van der Waals surface area contributed by atoms with Crippen molar-refractivity contribution >= 4 is 43.1 Å². The van der Waals surface area contributed by atoms with Crippen molar-refractivity contribution in [3.63, 3.8) is 0 Å². The Morgan fingerprint density at radius 1 is 1.09 bits per heavy atom. The van der Waals surface area contributed by atoms with E-state index in [0.29, 0.717) is 28.4 Å². The summed E-state index contributed by atoms with van der Waals surface area (Å²) in [5.74, 6) is -0.0981. The van der Waals surface area contributed by atoms with Gasteiger partial charge in [0.05, 0.1) is 11.1 Å². The molecule has 34 heavy (non-hydrogen) atoms. The van der Waals surface area contributed by atoms with E-state index in [4.69, 9.17) is 0 Å². The van der Waals surface area contributed by atoms with Crippen LogP contribution in [0.1, 0.15) is 25.8 Å². The first-order chi connectivity index (χ1) is 16.3. The van der Waals surface area contributed by atoms with Gasteiger partial charge in [-0.2, -0.15) is 8.42 Å². The fourth-order valence-electron chi connectivity index (χ4n) is 3.99. The van der Waals surface area contributed by atoms with E-state index in [9.17, 15) is 18.3 Å². The Balaban J connectivity index is 1.76. The molecule has 0 saturated carbocycles. The molecular formula is C25H23N3O4S2. The smallest absolute Gasteiger partial charge is 0.286 e. The molecule has 7 nitrogen and oxygen atoms in total. The fourth-order valence-corrected chi connectivity index (χ4v) is 6.30. The molecule has 2 N–H and O–H groups in total. The molecule has 0 atom stereocenters. The zero-order chi connectivity index (χ0) is 24.0. The summed E-state index contributed by atoms with van der Waals surface area (Å²) >= 11 is 1.43. The van der Waals surface area contributed by atoms with E-state index in [1.807, 2.05) is 36.4 Å². The third kappa shape index (κ3) is 3.80. The molecule has 1 aliphatic rings. The number of nitrogens with zero attached hydrogens (tertiary/aromatic N) is 2. The van der Waals surface area contributed by atoms with Crippen LogP contribution < -0.4 is 10.9 Å². The zero-order valence-electron chi connectivity index (χ0n) is 18.6. The highest BCUT2D eigenvalue weighted by atomic mass is 32.2. The molecule has 174 valence electrons. The highest BCUT2D eigenvalue weighted by molar-refractivity contribution is 7.90. The number of hydrogen-bond donors (Lipinski definition) is 2. The number of para-hydroxylation sites is 1. The van der Waals surface area contributed by atoms with Crippen molar-refractivity contribution < 1.29 is 13.5 Å². The molecule has 0 radical (unpaired) electrons. The van der Waals surface area contributed by atoms with Gasteiger partial charge in [0.1, 0.15) is 21.0 Å². The Labute approximate surface area is 201 Å². The number of amidine groups is 1. The second-order valence-corrected chi connectivity index (χ2v) is 11.2. The van der Waals surface area contributed by atoms with Crippen LogP contribution in [-0.4, -0.2) is 23.9 Å². The lowest BCUT2D eigenvalue weighted by Gasteiger charge is -2.20. The van der Waals surface area contributed by atoms with E-state index in [0.717, 1.165) is 16.9 Å². The van der Waals surface area contributed by atoms with Gasteiger partial charge in [-0.15, -0.1) is 15.7 Å². The lowest BCUT2D eigenvalue weighted by Crippen LogP contribution is -2.32. The Morgan fingerprint density at radius 3 is 2.53 bits per heavy atom. The summed E-state index contributed by atoms with van der Waals surface area (Å²) in [6.45, 7) is 4.58. The first-order valence-corrected chi connectivity index (χ1v) is 13.2. The molecule has 3 heterocycles. The third-order valence-electron chi connectivity index (χ3n) is 5.76. The van der Waals surface area contributed by atoms with Crippen LogP contribution in [0.5, 0.6) is 5.75 Å². The van der Waals surface area contributed by atoms with Crippen LogP contribution in [0.15, 0.2) is 74.8 Å². The number of fused-ring (bicyclic) bond motifs is 2. The van der Waals surface area contributed by atoms with Crippen LogP contribution in [0, 0.1) is 5.92 Å². The summed E-state index contributed by atoms with van der Waals surface area (Å²) in [5, 5.41) is 14.7. The van der Waals surface area contributed by atoms with Gasteiger partial charge in [-0.3, -0.25) is 9.36 Å². The predicted molar refractivity (Wildman–Crippen MR) is 136 cm³/mol. The predicted octanol–water partition coefficient (Wildman–Crippen LogP) is 5.04. The van der Waals surface area contributed by atoms with Crippen molar-refractivity contribution in [2.45, 2.75) is 31.7 Å². The number of aryl methyl sites for hydroxylation is 1. The van der Waals surface area contributed by atoms with Crippen molar-refractivity contribution in [3.05, 3.63) is 76.6 Å².